The second-order valence-corrected chi connectivity index (χ2v) is 9.12. The molecule has 1 saturated carbocycles. The predicted molar refractivity (Wildman–Crippen MR) is 116 cm³/mol. The number of hydrogen-bond acceptors (Lipinski definition) is 5. The molecule has 3 aromatic rings. The van der Waals surface area contributed by atoms with Gasteiger partial charge in [0, 0.05) is 48.4 Å². The number of nitrogens with one attached hydrogen (secondary N) is 1. The second-order valence-electron chi connectivity index (χ2n) is 9.12. The summed E-state index contributed by atoms with van der Waals surface area (Å²) in [5.74, 6) is 0.877. The molecule has 2 atom stereocenters. The molecule has 1 aliphatic heterocycles. The Hall–Kier alpha value is -2.67. The zero-order valence-electron chi connectivity index (χ0n) is 17.9. The monoisotopic (exact) mass is 409 g/mol. The number of benzene rings is 1. The lowest BCUT2D eigenvalue weighted by atomic mass is 10.1. The Kier molecular flexibility index (Phi) is 4.47. The van der Waals surface area contributed by atoms with E-state index >= 15 is 0 Å². The molecule has 0 amide bonds. The molecule has 2 fully saturated rings. The molecule has 5 rings (SSSR count). The molecule has 1 aromatic carbocycles. The minimum Gasteiger partial charge on any atom is -0.484 e. The van der Waals surface area contributed by atoms with Crippen molar-refractivity contribution in [1.82, 2.24) is 20.1 Å². The van der Waals surface area contributed by atoms with Crippen molar-refractivity contribution in [2.75, 3.05) is 25.0 Å². The summed E-state index contributed by atoms with van der Waals surface area (Å²) in [4.78, 5) is 9.35. The number of anilines is 1. The third kappa shape index (κ3) is 3.41. The summed E-state index contributed by atoms with van der Waals surface area (Å²) in [5, 5.41) is 8.31. The van der Waals surface area contributed by atoms with Gasteiger partial charge in [0.1, 0.15) is 17.1 Å². The molecule has 3 heterocycles. The lowest BCUT2D eigenvalue weighted by Crippen LogP contribution is -2.55. The third-order valence-corrected chi connectivity index (χ3v) is 6.63. The number of hydrogen-bond donors (Lipinski definition) is 1. The number of piperazine rings is 1. The zero-order valence-corrected chi connectivity index (χ0v) is 17.9. The largest absolute Gasteiger partial charge is 0.484 e. The van der Waals surface area contributed by atoms with Gasteiger partial charge >= 0.3 is 0 Å². The average molecular weight is 410 g/mol. The molecule has 0 bridgehead atoms. The van der Waals surface area contributed by atoms with E-state index in [2.05, 4.69) is 51.9 Å². The molecular weight excluding hydrogens is 381 g/mol. The summed E-state index contributed by atoms with van der Waals surface area (Å²) < 4.78 is 20.4. The number of aromatic amines is 1. The summed E-state index contributed by atoms with van der Waals surface area (Å²) in [5.41, 5.74) is 2.17. The summed E-state index contributed by atoms with van der Waals surface area (Å²) in [6.07, 6.45) is 3.74. The summed E-state index contributed by atoms with van der Waals surface area (Å²) in [6, 6.07) is 8.18. The van der Waals surface area contributed by atoms with Crippen molar-refractivity contribution in [3.63, 3.8) is 0 Å². The van der Waals surface area contributed by atoms with Gasteiger partial charge in [-0.2, -0.15) is 5.10 Å². The fourth-order valence-electron chi connectivity index (χ4n) is 4.19. The van der Waals surface area contributed by atoms with Crippen LogP contribution in [0, 0.1) is 5.82 Å². The number of likely N-dealkylation sites (N-methyl/N-ethyl adjacent to an activating group) is 1. The molecule has 0 unspecified atom stereocenters. The van der Waals surface area contributed by atoms with Crippen molar-refractivity contribution in [3.8, 4) is 17.0 Å². The first kappa shape index (κ1) is 19.3. The molecule has 7 heteroatoms. The number of H-pyrrole nitrogens is 1. The Morgan fingerprint density at radius 2 is 1.90 bits per heavy atom. The average Bonchev–Trinajstić information content (AvgIpc) is 3.31. The van der Waals surface area contributed by atoms with Gasteiger partial charge in [-0.25, -0.2) is 9.37 Å². The lowest BCUT2D eigenvalue weighted by molar-refractivity contribution is 0.169. The number of halogens is 1. The molecule has 1 saturated heterocycles. The minimum absolute atomic E-state index is 0.239. The lowest BCUT2D eigenvalue weighted by Gasteiger charge is -2.43. The van der Waals surface area contributed by atoms with Gasteiger partial charge in [-0.3, -0.25) is 10.00 Å². The first-order chi connectivity index (χ1) is 14.3. The molecule has 2 aliphatic rings. The second kappa shape index (κ2) is 6.94. The van der Waals surface area contributed by atoms with E-state index in [-0.39, 0.29) is 11.4 Å². The van der Waals surface area contributed by atoms with Gasteiger partial charge in [0.15, 0.2) is 11.6 Å². The number of rotatable bonds is 4. The highest BCUT2D eigenvalue weighted by Crippen LogP contribution is 2.41. The molecule has 1 aliphatic carbocycles. The number of ether oxygens (including phenoxy) is 1. The van der Waals surface area contributed by atoms with Crippen LogP contribution in [0.25, 0.3) is 22.2 Å². The molecule has 30 heavy (non-hydrogen) atoms. The maximum Gasteiger partial charge on any atom is 0.167 e. The normalized spacial score (nSPS) is 23.7. The van der Waals surface area contributed by atoms with E-state index in [0.717, 1.165) is 48.4 Å². The highest BCUT2D eigenvalue weighted by molar-refractivity contribution is 5.94. The van der Waals surface area contributed by atoms with E-state index in [4.69, 9.17) is 4.74 Å². The third-order valence-electron chi connectivity index (χ3n) is 6.63. The number of nitrogens with zero attached hydrogens (tertiary/aromatic N) is 4. The van der Waals surface area contributed by atoms with Crippen LogP contribution >= 0.6 is 0 Å². The van der Waals surface area contributed by atoms with E-state index in [9.17, 15) is 4.39 Å². The first-order valence-corrected chi connectivity index (χ1v) is 10.6. The number of aromatic nitrogens is 3. The van der Waals surface area contributed by atoms with Gasteiger partial charge in [-0.05, 0) is 58.9 Å². The maximum absolute atomic E-state index is 14.5. The zero-order chi connectivity index (χ0) is 21.0. The first-order valence-electron chi connectivity index (χ1n) is 10.6. The molecule has 1 N–H and O–H groups in total. The summed E-state index contributed by atoms with van der Waals surface area (Å²) in [6.45, 7) is 8.36. The fraction of sp³-hybridized carbons (Fsp3) is 0.478. The van der Waals surface area contributed by atoms with Crippen molar-refractivity contribution in [1.29, 1.82) is 0 Å². The van der Waals surface area contributed by atoms with Gasteiger partial charge in [0.05, 0.1) is 5.52 Å². The Morgan fingerprint density at radius 1 is 1.17 bits per heavy atom. The van der Waals surface area contributed by atoms with Crippen molar-refractivity contribution in [2.45, 2.75) is 51.3 Å². The standard InChI is InChI=1S/C23H28FN5O/c1-14-12-29(13-15(2)28(14)4)21-9-16(5-8-25-21)22-17-10-20(30-23(3)6-7-23)18(24)11-19(17)26-27-22/h5,8-11,14-15H,6-7,12-13H2,1-4H3,(H,26,27)/t14-,15+. The smallest absolute Gasteiger partial charge is 0.167 e. The van der Waals surface area contributed by atoms with Gasteiger partial charge in [-0.1, -0.05) is 0 Å². The van der Waals surface area contributed by atoms with Gasteiger partial charge < -0.3 is 9.64 Å². The topological polar surface area (TPSA) is 57.3 Å². The van der Waals surface area contributed by atoms with Crippen molar-refractivity contribution in [2.24, 2.45) is 0 Å². The van der Waals surface area contributed by atoms with Crippen LogP contribution in [0.1, 0.15) is 33.6 Å². The van der Waals surface area contributed by atoms with Gasteiger partial charge in [0.25, 0.3) is 0 Å². The number of pyridine rings is 1. The Morgan fingerprint density at radius 3 is 2.60 bits per heavy atom. The van der Waals surface area contributed by atoms with E-state index in [1.807, 2.05) is 19.2 Å². The highest BCUT2D eigenvalue weighted by Gasteiger charge is 2.40. The van der Waals surface area contributed by atoms with Crippen LogP contribution < -0.4 is 9.64 Å². The van der Waals surface area contributed by atoms with E-state index in [1.165, 1.54) is 6.07 Å². The van der Waals surface area contributed by atoms with Crippen molar-refractivity contribution in [3.05, 3.63) is 36.3 Å². The summed E-state index contributed by atoms with van der Waals surface area (Å²) >= 11 is 0. The van der Waals surface area contributed by atoms with E-state index in [0.29, 0.717) is 23.3 Å². The number of fused-ring (bicyclic) bond motifs is 1. The molecular formula is C23H28FN5O. The Bertz CT molecular complexity index is 1080. The van der Waals surface area contributed by atoms with Crippen LogP contribution in [0.4, 0.5) is 10.2 Å². The SMILES string of the molecule is C[C@@H]1CN(c2cc(-c3n[nH]c4cc(F)c(OC5(C)CC5)cc34)ccn2)C[C@H](C)N1C. The van der Waals surface area contributed by atoms with Crippen LogP contribution in [-0.4, -0.2) is 57.9 Å². The molecule has 158 valence electrons. The molecule has 0 radical (unpaired) electrons. The Labute approximate surface area is 176 Å². The van der Waals surface area contributed by atoms with Crippen molar-refractivity contribution < 1.29 is 9.13 Å². The van der Waals surface area contributed by atoms with Crippen molar-refractivity contribution >= 4 is 16.7 Å². The minimum atomic E-state index is -0.360. The molecule has 6 nitrogen and oxygen atoms in total. The van der Waals surface area contributed by atoms with Crippen LogP contribution in [0.5, 0.6) is 5.75 Å². The van der Waals surface area contributed by atoms with E-state index < -0.39 is 0 Å². The molecule has 0 spiro atoms. The predicted octanol–water partition coefficient (Wildman–Crippen LogP) is 4.22. The highest BCUT2D eigenvalue weighted by atomic mass is 19.1. The van der Waals surface area contributed by atoms with E-state index in [1.54, 1.807) is 6.07 Å². The quantitative estimate of drug-likeness (QED) is 0.699. The van der Waals surface area contributed by atoms with Crippen LogP contribution in [0.15, 0.2) is 30.5 Å². The van der Waals surface area contributed by atoms with Gasteiger partial charge in [-0.15, -0.1) is 0 Å². The maximum atomic E-state index is 14.5. The molecule has 2 aromatic heterocycles. The van der Waals surface area contributed by atoms with Crippen LogP contribution in [0.2, 0.25) is 0 Å². The van der Waals surface area contributed by atoms with Crippen LogP contribution in [-0.2, 0) is 0 Å². The van der Waals surface area contributed by atoms with Crippen LogP contribution in [0.3, 0.4) is 0 Å². The fourth-order valence-corrected chi connectivity index (χ4v) is 4.19. The Balaban J connectivity index is 1.50. The van der Waals surface area contributed by atoms with Gasteiger partial charge in [0.2, 0.25) is 0 Å². The summed E-state index contributed by atoms with van der Waals surface area (Å²) in [7, 11) is 2.17.